The van der Waals surface area contributed by atoms with Gasteiger partial charge < -0.3 is 24.9 Å². The molecule has 1 saturated heterocycles. The van der Waals surface area contributed by atoms with Crippen LogP contribution in [0.1, 0.15) is 31.2 Å². The summed E-state index contributed by atoms with van der Waals surface area (Å²) >= 11 is 0. The van der Waals surface area contributed by atoms with Crippen molar-refractivity contribution >= 4 is 32.4 Å². The summed E-state index contributed by atoms with van der Waals surface area (Å²) in [5.41, 5.74) is 2.56. The quantitative estimate of drug-likeness (QED) is 0.264. The van der Waals surface area contributed by atoms with Crippen LogP contribution in [0, 0.1) is 13.8 Å². The van der Waals surface area contributed by atoms with Gasteiger partial charge in [0.2, 0.25) is 11.7 Å². The van der Waals surface area contributed by atoms with Crippen LogP contribution in [0.4, 0.5) is 5.69 Å². The van der Waals surface area contributed by atoms with E-state index < -0.39 is 0 Å². The van der Waals surface area contributed by atoms with Crippen LogP contribution in [-0.4, -0.2) is 92.3 Å². The van der Waals surface area contributed by atoms with Crippen molar-refractivity contribution in [1.82, 2.24) is 30.8 Å². The van der Waals surface area contributed by atoms with Crippen LogP contribution in [0.3, 0.4) is 0 Å². The highest BCUT2D eigenvalue weighted by Gasteiger charge is 2.24. The predicted octanol–water partition coefficient (Wildman–Crippen LogP) is 1.14. The molecular weight excluding hydrogens is 465 g/mol. The minimum absolute atomic E-state index is 0.0470. The molecule has 1 fully saturated rings. The van der Waals surface area contributed by atoms with Gasteiger partial charge in [-0.1, -0.05) is 12.1 Å². The van der Waals surface area contributed by atoms with Gasteiger partial charge in [0, 0.05) is 51.4 Å². The maximum absolute atomic E-state index is 12.8. The first-order valence-electron chi connectivity index (χ1n) is 12.1. The van der Waals surface area contributed by atoms with Crippen molar-refractivity contribution in [2.24, 2.45) is 0 Å². The summed E-state index contributed by atoms with van der Waals surface area (Å²) in [7, 11) is 6.44. The van der Waals surface area contributed by atoms with Crippen LogP contribution in [-0.2, 0) is 9.59 Å². The number of likely N-dealkylation sites (N-methyl/N-ethyl adjacent to an activating group) is 3. The van der Waals surface area contributed by atoms with Crippen LogP contribution in [0.5, 0.6) is 0 Å². The van der Waals surface area contributed by atoms with Crippen molar-refractivity contribution in [2.75, 3.05) is 64.8 Å². The maximum atomic E-state index is 12.8. The second-order valence-corrected chi connectivity index (χ2v) is 9.05. The average Bonchev–Trinajstić information content (AvgIpc) is 3.53. The molecule has 0 aliphatic carbocycles. The Morgan fingerprint density at radius 2 is 1.97 bits per heavy atom. The molecule has 3 rings (SSSR count). The van der Waals surface area contributed by atoms with Crippen molar-refractivity contribution in [3.8, 4) is 11.4 Å². The summed E-state index contributed by atoms with van der Waals surface area (Å²) in [4.78, 5) is 30.2. The lowest BCUT2D eigenvalue weighted by atomic mass is 10.1. The normalized spacial score (nSPS) is 13.3. The number of hydrogen-bond acceptors (Lipinski definition) is 9. The summed E-state index contributed by atoms with van der Waals surface area (Å²) in [5.74, 6) is 0.915. The highest BCUT2D eigenvalue weighted by Crippen LogP contribution is 2.27. The van der Waals surface area contributed by atoms with Gasteiger partial charge in [0.05, 0.1) is 13.1 Å². The number of amides is 1. The molecule has 0 radical (unpaired) electrons. The van der Waals surface area contributed by atoms with Gasteiger partial charge in [0.1, 0.15) is 6.29 Å². The van der Waals surface area contributed by atoms with Gasteiger partial charge in [0.15, 0.2) is 0 Å². The smallest absolute Gasteiger partial charge is 0.256 e. The van der Waals surface area contributed by atoms with E-state index in [0.29, 0.717) is 11.7 Å². The van der Waals surface area contributed by atoms with Gasteiger partial charge in [-0.05, 0) is 56.4 Å². The molecule has 1 aliphatic rings. The third-order valence-electron chi connectivity index (χ3n) is 5.84. The van der Waals surface area contributed by atoms with E-state index in [1.54, 1.807) is 23.9 Å². The zero-order valence-corrected chi connectivity index (χ0v) is 22.8. The number of hydrazine groups is 1. The predicted molar refractivity (Wildman–Crippen MR) is 143 cm³/mol. The van der Waals surface area contributed by atoms with Crippen molar-refractivity contribution in [3.63, 3.8) is 0 Å². The monoisotopic (exact) mass is 505 g/mol. The molecular formula is C24H40N7O3P. The Balaban J connectivity index is 0.000000540. The van der Waals surface area contributed by atoms with Gasteiger partial charge in [-0.2, -0.15) is 4.98 Å². The minimum Gasteiger partial charge on any atom is -0.355 e. The molecule has 2 aromatic rings. The molecule has 1 unspecified atom stereocenters. The number of benzene rings is 1. The summed E-state index contributed by atoms with van der Waals surface area (Å²) in [5, 5.41) is 14.9. The summed E-state index contributed by atoms with van der Waals surface area (Å²) in [6.45, 7) is 11.0. The minimum atomic E-state index is -0.0470. The lowest BCUT2D eigenvalue weighted by molar-refractivity contribution is -0.142. The molecule has 0 bridgehead atoms. The van der Waals surface area contributed by atoms with E-state index in [-0.39, 0.29) is 19.0 Å². The van der Waals surface area contributed by atoms with E-state index in [1.165, 1.54) is 0 Å². The Morgan fingerprint density at radius 3 is 2.54 bits per heavy atom. The molecule has 2 N–H and O–H groups in total. The fourth-order valence-electron chi connectivity index (χ4n) is 3.75. The standard InChI is InChI=1S/C19H26N5O3P.C5H14N2/c1-13-16(10-15(11-17(13)28)19-20-14(2)27-21-19)23(8-9-25)12-18(26)22(3)24-6-4-5-7-24;1-3-7-5-4-6-2/h9-11H,4-8,12,28H2,1-3H3;6-7H,3-5H2,1-2H3. The van der Waals surface area contributed by atoms with Crippen LogP contribution in [0.15, 0.2) is 16.7 Å². The van der Waals surface area contributed by atoms with Gasteiger partial charge in [-0.25, -0.2) is 5.01 Å². The fourth-order valence-corrected chi connectivity index (χ4v) is 4.07. The molecule has 194 valence electrons. The maximum Gasteiger partial charge on any atom is 0.256 e. The fraction of sp³-hybridized carbons (Fsp3) is 0.583. The van der Waals surface area contributed by atoms with Crippen LogP contribution < -0.4 is 20.8 Å². The number of aryl methyl sites for hydroxylation is 1. The number of aldehydes is 1. The Bertz CT molecular complexity index is 943. The molecule has 10 nitrogen and oxygen atoms in total. The van der Waals surface area contributed by atoms with Crippen LogP contribution in [0.25, 0.3) is 11.4 Å². The first kappa shape index (κ1) is 28.8. The van der Waals surface area contributed by atoms with E-state index in [1.807, 2.05) is 31.1 Å². The van der Waals surface area contributed by atoms with E-state index in [9.17, 15) is 9.59 Å². The molecule has 2 heterocycles. The lowest BCUT2D eigenvalue weighted by Gasteiger charge is -2.31. The number of nitrogens with zero attached hydrogens (tertiary/aromatic N) is 5. The zero-order valence-electron chi connectivity index (χ0n) is 21.6. The molecule has 1 aromatic carbocycles. The van der Waals surface area contributed by atoms with Gasteiger partial charge >= 0.3 is 0 Å². The first-order valence-corrected chi connectivity index (χ1v) is 12.7. The highest BCUT2D eigenvalue weighted by atomic mass is 31.0. The molecule has 1 aliphatic heterocycles. The number of anilines is 1. The van der Waals surface area contributed by atoms with Gasteiger partial charge in [-0.15, -0.1) is 9.24 Å². The average molecular weight is 506 g/mol. The van der Waals surface area contributed by atoms with Crippen LogP contribution >= 0.6 is 9.24 Å². The highest BCUT2D eigenvalue weighted by molar-refractivity contribution is 7.27. The van der Waals surface area contributed by atoms with Crippen molar-refractivity contribution in [1.29, 1.82) is 0 Å². The number of rotatable bonds is 11. The Labute approximate surface area is 211 Å². The molecule has 1 amide bonds. The number of carbonyl (C=O) groups excluding carboxylic acids is 2. The summed E-state index contributed by atoms with van der Waals surface area (Å²) in [6, 6.07) is 3.85. The van der Waals surface area contributed by atoms with E-state index >= 15 is 0 Å². The molecule has 1 atom stereocenters. The third-order valence-corrected chi connectivity index (χ3v) is 6.44. The zero-order chi connectivity index (χ0) is 25.8. The van der Waals surface area contributed by atoms with Gasteiger partial charge in [-0.3, -0.25) is 9.80 Å². The van der Waals surface area contributed by atoms with Crippen LogP contribution in [0.2, 0.25) is 0 Å². The number of carbonyl (C=O) groups is 2. The van der Waals surface area contributed by atoms with Gasteiger partial charge in [0.25, 0.3) is 5.91 Å². The first-order chi connectivity index (χ1) is 16.8. The topological polar surface area (TPSA) is 107 Å². The molecule has 35 heavy (non-hydrogen) atoms. The van der Waals surface area contributed by atoms with Crippen molar-refractivity contribution < 1.29 is 14.1 Å². The Kier molecular flexibility index (Phi) is 12.3. The number of nitrogens with one attached hydrogen (secondary N) is 2. The molecule has 11 heteroatoms. The van der Waals surface area contributed by atoms with E-state index in [2.05, 4.69) is 36.9 Å². The molecule has 0 saturated carbocycles. The van der Waals surface area contributed by atoms with E-state index in [0.717, 1.165) is 74.0 Å². The lowest BCUT2D eigenvalue weighted by Crippen LogP contribution is -2.47. The number of aromatic nitrogens is 2. The summed E-state index contributed by atoms with van der Waals surface area (Å²) in [6.07, 6.45) is 3.00. The van der Waals surface area contributed by atoms with E-state index in [4.69, 9.17) is 4.52 Å². The Hall–Kier alpha value is -2.39. The SMILES string of the molecule is CCNCCNC.Cc1nc(-c2cc(P)c(C)c(N(CC=O)CC(=O)N(C)N3CCCC3)c2)no1. The van der Waals surface area contributed by atoms with Crippen molar-refractivity contribution in [3.05, 3.63) is 23.6 Å². The second-order valence-electron chi connectivity index (χ2n) is 8.43. The molecule has 0 spiro atoms. The van der Waals surface area contributed by atoms with Crippen molar-refractivity contribution in [2.45, 2.75) is 33.6 Å². The number of hydrogen-bond donors (Lipinski definition) is 2. The summed E-state index contributed by atoms with van der Waals surface area (Å²) < 4.78 is 5.09. The third kappa shape index (κ3) is 8.65. The second kappa shape index (κ2) is 14.9. The largest absolute Gasteiger partial charge is 0.355 e. The molecule has 1 aromatic heterocycles. The Morgan fingerprint density at radius 1 is 1.26 bits per heavy atom.